The Bertz CT molecular complexity index is 1070. The van der Waals surface area contributed by atoms with Gasteiger partial charge in [0, 0.05) is 24.0 Å². The molecule has 4 heterocycles. The van der Waals surface area contributed by atoms with Gasteiger partial charge in [0.1, 0.15) is 17.2 Å². The topological polar surface area (TPSA) is 94.0 Å². The SMILES string of the molecule is O=C(O)c1cnc(-c2cccnc2)n1Cc1cc(-c2ccc(Cl)s2)on1. The molecule has 130 valence electrons. The van der Waals surface area contributed by atoms with Gasteiger partial charge in [-0.05, 0) is 24.3 Å². The van der Waals surface area contributed by atoms with Crippen molar-refractivity contribution >= 4 is 28.9 Å². The molecule has 0 aliphatic heterocycles. The molecule has 0 radical (unpaired) electrons. The van der Waals surface area contributed by atoms with Crippen molar-refractivity contribution in [2.24, 2.45) is 0 Å². The highest BCUT2D eigenvalue weighted by molar-refractivity contribution is 7.19. The molecule has 0 saturated heterocycles. The summed E-state index contributed by atoms with van der Waals surface area (Å²) >= 11 is 7.33. The molecule has 9 heteroatoms. The lowest BCUT2D eigenvalue weighted by Gasteiger charge is -2.07. The van der Waals surface area contributed by atoms with Crippen molar-refractivity contribution in [3.05, 3.63) is 64.6 Å². The maximum atomic E-state index is 11.6. The number of nitrogens with zero attached hydrogens (tertiary/aromatic N) is 4. The number of imidazole rings is 1. The number of hydrogen-bond acceptors (Lipinski definition) is 6. The summed E-state index contributed by atoms with van der Waals surface area (Å²) in [6, 6.07) is 8.98. The van der Waals surface area contributed by atoms with Crippen LogP contribution in [0.15, 0.2) is 53.4 Å². The Hall–Kier alpha value is -2.97. The number of carboxylic acids is 1. The summed E-state index contributed by atoms with van der Waals surface area (Å²) in [4.78, 5) is 20.7. The van der Waals surface area contributed by atoms with Gasteiger partial charge in [-0.3, -0.25) is 4.98 Å². The van der Waals surface area contributed by atoms with Crippen LogP contribution in [0.25, 0.3) is 22.0 Å². The highest BCUT2D eigenvalue weighted by Gasteiger charge is 2.19. The second kappa shape index (κ2) is 6.74. The van der Waals surface area contributed by atoms with Crippen LogP contribution in [0.4, 0.5) is 0 Å². The molecular weight excluding hydrogens is 376 g/mol. The number of hydrogen-bond donors (Lipinski definition) is 1. The summed E-state index contributed by atoms with van der Waals surface area (Å²) < 4.78 is 7.59. The van der Waals surface area contributed by atoms with Gasteiger partial charge >= 0.3 is 5.97 Å². The molecule has 26 heavy (non-hydrogen) atoms. The predicted molar refractivity (Wildman–Crippen MR) is 96.3 cm³/mol. The molecular formula is C17H11ClN4O3S. The molecule has 0 aliphatic carbocycles. The fourth-order valence-electron chi connectivity index (χ4n) is 2.54. The second-order valence-corrected chi connectivity index (χ2v) is 7.10. The van der Waals surface area contributed by atoms with Crippen molar-refractivity contribution in [3.8, 4) is 22.0 Å². The smallest absolute Gasteiger partial charge is 0.354 e. The number of rotatable bonds is 5. The molecule has 1 N–H and O–H groups in total. The van der Waals surface area contributed by atoms with E-state index in [1.54, 1.807) is 35.2 Å². The van der Waals surface area contributed by atoms with Gasteiger partial charge in [0.2, 0.25) is 0 Å². The Kier molecular flexibility index (Phi) is 4.27. The van der Waals surface area contributed by atoms with Gasteiger partial charge in [0.15, 0.2) is 5.76 Å². The van der Waals surface area contributed by atoms with Gasteiger partial charge in [-0.25, -0.2) is 9.78 Å². The molecule has 4 aromatic rings. The lowest BCUT2D eigenvalue weighted by Crippen LogP contribution is -2.11. The molecule has 0 atom stereocenters. The van der Waals surface area contributed by atoms with E-state index in [4.69, 9.17) is 16.1 Å². The van der Waals surface area contributed by atoms with Crippen molar-refractivity contribution in [2.45, 2.75) is 6.54 Å². The lowest BCUT2D eigenvalue weighted by molar-refractivity contribution is 0.0685. The van der Waals surface area contributed by atoms with Crippen LogP contribution in [0, 0.1) is 0 Å². The standard InChI is InChI=1S/C17H11ClN4O3S/c18-15-4-3-14(26-15)13-6-11(21-25-13)9-22-12(17(23)24)8-20-16(22)10-2-1-5-19-7-10/h1-8H,9H2,(H,23,24). The van der Waals surface area contributed by atoms with Crippen molar-refractivity contribution in [1.29, 1.82) is 0 Å². The summed E-state index contributed by atoms with van der Waals surface area (Å²) in [5, 5.41) is 13.5. The Balaban J connectivity index is 1.71. The van der Waals surface area contributed by atoms with E-state index in [0.717, 1.165) is 4.88 Å². The van der Waals surface area contributed by atoms with E-state index in [-0.39, 0.29) is 12.2 Å². The molecule has 0 fully saturated rings. The first kappa shape index (κ1) is 16.5. The monoisotopic (exact) mass is 386 g/mol. The molecule has 0 unspecified atom stereocenters. The Labute approximate surface area is 156 Å². The first-order valence-electron chi connectivity index (χ1n) is 7.52. The quantitative estimate of drug-likeness (QED) is 0.555. The number of aromatic carboxylic acids is 1. The van der Waals surface area contributed by atoms with Crippen LogP contribution in [0.1, 0.15) is 16.2 Å². The molecule has 0 bridgehead atoms. The maximum Gasteiger partial charge on any atom is 0.354 e. The molecule has 7 nitrogen and oxygen atoms in total. The summed E-state index contributed by atoms with van der Waals surface area (Å²) in [5.41, 5.74) is 1.36. The van der Waals surface area contributed by atoms with Crippen molar-refractivity contribution in [1.82, 2.24) is 19.7 Å². The molecule has 0 aromatic carbocycles. The van der Waals surface area contributed by atoms with Crippen LogP contribution in [0.2, 0.25) is 4.34 Å². The molecule has 4 rings (SSSR count). The highest BCUT2D eigenvalue weighted by atomic mass is 35.5. The molecule has 4 aromatic heterocycles. The van der Waals surface area contributed by atoms with E-state index in [1.165, 1.54) is 17.5 Å². The average molecular weight is 387 g/mol. The molecule has 0 saturated carbocycles. The third-order valence-electron chi connectivity index (χ3n) is 3.69. The summed E-state index contributed by atoms with van der Waals surface area (Å²) in [5.74, 6) is 0.0115. The Morgan fingerprint density at radius 2 is 2.19 bits per heavy atom. The predicted octanol–water partition coefficient (Wildman–Crippen LogP) is 4.06. The van der Waals surface area contributed by atoms with Crippen LogP contribution in [0.5, 0.6) is 0 Å². The van der Waals surface area contributed by atoms with Crippen LogP contribution in [0.3, 0.4) is 0 Å². The minimum absolute atomic E-state index is 0.0626. The van der Waals surface area contributed by atoms with Crippen LogP contribution >= 0.6 is 22.9 Å². The minimum Gasteiger partial charge on any atom is -0.477 e. The summed E-state index contributed by atoms with van der Waals surface area (Å²) in [7, 11) is 0. The van der Waals surface area contributed by atoms with Crippen LogP contribution in [-0.2, 0) is 6.54 Å². The fraction of sp³-hybridized carbons (Fsp3) is 0.0588. The van der Waals surface area contributed by atoms with Gasteiger partial charge in [0.05, 0.1) is 22.0 Å². The van der Waals surface area contributed by atoms with E-state index in [9.17, 15) is 9.90 Å². The zero-order valence-corrected chi connectivity index (χ0v) is 14.7. The zero-order chi connectivity index (χ0) is 18.1. The van der Waals surface area contributed by atoms with E-state index in [0.29, 0.717) is 27.2 Å². The average Bonchev–Trinajstić information content (AvgIpc) is 3.35. The lowest BCUT2D eigenvalue weighted by atomic mass is 10.2. The first-order chi connectivity index (χ1) is 12.6. The van der Waals surface area contributed by atoms with Gasteiger partial charge in [-0.2, -0.15) is 0 Å². The third-order valence-corrected chi connectivity index (χ3v) is 4.94. The minimum atomic E-state index is -1.07. The maximum absolute atomic E-state index is 11.6. The fourth-order valence-corrected chi connectivity index (χ4v) is 3.53. The molecule has 0 amide bonds. The Morgan fingerprint density at radius 1 is 1.31 bits per heavy atom. The number of carbonyl (C=O) groups is 1. The first-order valence-corrected chi connectivity index (χ1v) is 8.72. The van der Waals surface area contributed by atoms with Crippen LogP contribution in [-0.4, -0.2) is 30.8 Å². The van der Waals surface area contributed by atoms with Crippen molar-refractivity contribution in [2.75, 3.05) is 0 Å². The number of pyridine rings is 1. The van der Waals surface area contributed by atoms with Gasteiger partial charge in [-0.15, -0.1) is 11.3 Å². The van der Waals surface area contributed by atoms with E-state index < -0.39 is 5.97 Å². The number of aromatic nitrogens is 4. The van der Waals surface area contributed by atoms with Gasteiger partial charge < -0.3 is 14.2 Å². The van der Waals surface area contributed by atoms with Gasteiger partial charge in [-0.1, -0.05) is 16.8 Å². The second-order valence-electron chi connectivity index (χ2n) is 5.39. The van der Waals surface area contributed by atoms with Crippen molar-refractivity contribution < 1.29 is 14.4 Å². The normalized spacial score (nSPS) is 11.0. The largest absolute Gasteiger partial charge is 0.477 e. The number of thiophene rings is 1. The number of carboxylic acid groups (broad SMARTS) is 1. The van der Waals surface area contributed by atoms with Crippen molar-refractivity contribution in [3.63, 3.8) is 0 Å². The highest BCUT2D eigenvalue weighted by Crippen LogP contribution is 2.31. The van der Waals surface area contributed by atoms with E-state index in [2.05, 4.69) is 15.1 Å². The third kappa shape index (κ3) is 3.12. The zero-order valence-electron chi connectivity index (χ0n) is 13.2. The van der Waals surface area contributed by atoms with Gasteiger partial charge in [0.25, 0.3) is 0 Å². The van der Waals surface area contributed by atoms with E-state index >= 15 is 0 Å². The molecule has 0 spiro atoms. The Morgan fingerprint density at radius 3 is 2.88 bits per heavy atom. The van der Waals surface area contributed by atoms with Crippen LogP contribution < -0.4 is 0 Å². The summed E-state index contributed by atoms with van der Waals surface area (Å²) in [6.07, 6.45) is 4.60. The van der Waals surface area contributed by atoms with E-state index in [1.807, 2.05) is 12.1 Å². The molecule has 0 aliphatic rings. The summed E-state index contributed by atoms with van der Waals surface area (Å²) in [6.45, 7) is 0.203. The number of halogens is 1.